The Morgan fingerprint density at radius 1 is 1.26 bits per heavy atom. The van der Waals surface area contributed by atoms with E-state index in [1.54, 1.807) is 36.4 Å². The summed E-state index contributed by atoms with van der Waals surface area (Å²) in [6, 6.07) is 13.7. The van der Waals surface area contributed by atoms with Gasteiger partial charge in [0.15, 0.2) is 17.2 Å². The minimum atomic E-state index is -0.625. The largest absolute Gasteiger partial charge is 0.504 e. The zero-order valence-corrected chi connectivity index (χ0v) is 16.1. The second-order valence-corrected chi connectivity index (χ2v) is 6.17. The first-order valence-corrected chi connectivity index (χ1v) is 8.88. The Balaban J connectivity index is 1.66. The Bertz CT molecular complexity index is 1250. The predicted octanol–water partition coefficient (Wildman–Crippen LogP) is 1.38. The van der Waals surface area contributed by atoms with Crippen LogP contribution in [0.15, 0.2) is 58.3 Å². The summed E-state index contributed by atoms with van der Waals surface area (Å²) in [6.45, 7) is 0. The molecule has 0 aliphatic rings. The molecule has 0 spiro atoms. The zero-order chi connectivity index (χ0) is 21.8. The number of ether oxygens (including phenoxy) is 1. The molecule has 2 aromatic heterocycles. The molecule has 2 heterocycles. The van der Waals surface area contributed by atoms with Crippen LogP contribution in [0, 0.1) is 0 Å². The number of anilines is 1. The van der Waals surface area contributed by atoms with Gasteiger partial charge < -0.3 is 15.6 Å². The van der Waals surface area contributed by atoms with Crippen LogP contribution in [0.4, 0.5) is 5.82 Å². The van der Waals surface area contributed by atoms with E-state index in [9.17, 15) is 9.90 Å². The second-order valence-electron chi connectivity index (χ2n) is 6.17. The molecular formula is C19H16N8O4. The molecule has 0 bridgehead atoms. The molecule has 2 aromatic carbocycles. The Morgan fingerprint density at radius 2 is 2.06 bits per heavy atom. The molecule has 31 heavy (non-hydrogen) atoms. The molecule has 1 amide bonds. The monoisotopic (exact) mass is 420 g/mol. The molecule has 4 N–H and O–H groups in total. The number of nitrogen functional groups attached to an aromatic ring is 1. The molecule has 4 aromatic rings. The summed E-state index contributed by atoms with van der Waals surface area (Å²) < 4.78 is 10.7. The maximum atomic E-state index is 13.0. The van der Waals surface area contributed by atoms with E-state index in [1.165, 1.54) is 19.4 Å². The molecule has 12 nitrogen and oxygen atoms in total. The number of benzene rings is 2. The van der Waals surface area contributed by atoms with Gasteiger partial charge in [0, 0.05) is 5.56 Å². The lowest BCUT2D eigenvalue weighted by molar-refractivity contribution is 0.0948. The summed E-state index contributed by atoms with van der Waals surface area (Å²) in [7, 11) is 1.45. The first-order valence-electron chi connectivity index (χ1n) is 8.88. The number of methoxy groups -OCH3 is 1. The van der Waals surface area contributed by atoms with Crippen molar-refractivity contribution in [3.05, 3.63) is 59.8 Å². The van der Waals surface area contributed by atoms with E-state index in [0.29, 0.717) is 16.9 Å². The van der Waals surface area contributed by atoms with Gasteiger partial charge in [0.05, 0.1) is 13.3 Å². The van der Waals surface area contributed by atoms with Crippen molar-refractivity contribution in [3.8, 4) is 28.6 Å². The number of aromatic hydroxyl groups is 1. The Hall–Kier alpha value is -4.74. The third-order valence-electron chi connectivity index (χ3n) is 4.21. The Labute approximate surface area is 174 Å². The highest BCUT2D eigenvalue weighted by Gasteiger charge is 2.25. The first-order chi connectivity index (χ1) is 15.1. The van der Waals surface area contributed by atoms with Crippen molar-refractivity contribution in [1.82, 2.24) is 30.7 Å². The van der Waals surface area contributed by atoms with Crippen LogP contribution in [0.5, 0.6) is 11.5 Å². The summed E-state index contributed by atoms with van der Waals surface area (Å²) in [5, 5.41) is 29.0. The molecule has 4 rings (SSSR count). The van der Waals surface area contributed by atoms with Gasteiger partial charge in [-0.3, -0.25) is 4.79 Å². The molecule has 156 valence electrons. The van der Waals surface area contributed by atoms with Gasteiger partial charge in [-0.15, -0.1) is 5.10 Å². The van der Waals surface area contributed by atoms with Gasteiger partial charge in [0.1, 0.15) is 5.69 Å². The number of hydrogen-bond acceptors (Lipinski definition) is 10. The minimum Gasteiger partial charge on any atom is -0.504 e. The van der Waals surface area contributed by atoms with Crippen molar-refractivity contribution in [3.63, 3.8) is 0 Å². The summed E-state index contributed by atoms with van der Waals surface area (Å²) in [4.78, 5) is 13.0. The first kappa shape index (κ1) is 19.6. The number of carbonyl (C=O) groups is 1. The molecule has 0 atom stereocenters. The number of phenolic OH excluding ortho intramolecular Hbond substituents is 1. The van der Waals surface area contributed by atoms with Crippen LogP contribution in [0.2, 0.25) is 0 Å². The van der Waals surface area contributed by atoms with Crippen LogP contribution in [0.25, 0.3) is 17.1 Å². The van der Waals surface area contributed by atoms with Crippen LogP contribution >= 0.6 is 0 Å². The number of hydrazone groups is 1. The SMILES string of the molecule is COc1ccc(/C=N/NC(=O)c2c(-c3ccccc3)nnn2-c2nonc2N)cc1O. The molecule has 0 aliphatic carbocycles. The van der Waals surface area contributed by atoms with Crippen molar-refractivity contribution in [2.75, 3.05) is 12.8 Å². The standard InChI is InChI=1S/C19H16N8O4/c1-30-14-8-7-11(9-13(14)28)10-21-23-19(29)16-15(12-5-3-2-4-6-12)22-26-27(16)18-17(20)24-31-25-18/h2-10,28H,1H3,(H2,20,24)(H,23,29)/b21-10+. The summed E-state index contributed by atoms with van der Waals surface area (Å²) in [5.41, 5.74) is 9.67. The molecule has 0 unspecified atom stereocenters. The Morgan fingerprint density at radius 3 is 2.74 bits per heavy atom. The highest BCUT2D eigenvalue weighted by atomic mass is 16.6. The van der Waals surface area contributed by atoms with Crippen molar-refractivity contribution >= 4 is 17.9 Å². The molecule has 0 aliphatic heterocycles. The van der Waals surface area contributed by atoms with Crippen molar-refractivity contribution < 1.29 is 19.3 Å². The molecular weight excluding hydrogens is 404 g/mol. The normalized spacial score (nSPS) is 11.0. The summed E-state index contributed by atoms with van der Waals surface area (Å²) in [6.07, 6.45) is 1.36. The van der Waals surface area contributed by atoms with Crippen LogP contribution in [-0.2, 0) is 0 Å². The molecule has 0 fully saturated rings. The number of rotatable bonds is 6. The molecule has 0 saturated heterocycles. The number of carbonyl (C=O) groups excluding carboxylic acids is 1. The van der Waals surface area contributed by atoms with E-state index < -0.39 is 5.91 Å². The smallest absolute Gasteiger partial charge is 0.292 e. The fourth-order valence-corrected chi connectivity index (χ4v) is 2.77. The number of nitrogens with two attached hydrogens (primary N) is 1. The minimum absolute atomic E-state index is 0.0175. The van der Waals surface area contributed by atoms with Crippen LogP contribution in [-0.4, -0.2) is 49.6 Å². The average molecular weight is 420 g/mol. The maximum Gasteiger partial charge on any atom is 0.292 e. The van der Waals surface area contributed by atoms with Gasteiger partial charge in [-0.05, 0) is 34.1 Å². The fourth-order valence-electron chi connectivity index (χ4n) is 2.77. The lowest BCUT2D eigenvalue weighted by atomic mass is 10.1. The molecule has 0 radical (unpaired) electrons. The van der Waals surface area contributed by atoms with E-state index in [2.05, 4.69) is 35.8 Å². The Kier molecular flexibility index (Phi) is 5.26. The number of hydrogen-bond donors (Lipinski definition) is 3. The lowest BCUT2D eigenvalue weighted by Gasteiger charge is -2.05. The number of aromatic nitrogens is 5. The van der Waals surface area contributed by atoms with E-state index in [-0.39, 0.29) is 28.8 Å². The fraction of sp³-hybridized carbons (Fsp3) is 0.0526. The number of phenols is 1. The highest BCUT2D eigenvalue weighted by Crippen LogP contribution is 2.26. The van der Waals surface area contributed by atoms with Crippen LogP contribution in [0.1, 0.15) is 16.1 Å². The zero-order valence-electron chi connectivity index (χ0n) is 16.1. The third-order valence-corrected chi connectivity index (χ3v) is 4.21. The van der Waals surface area contributed by atoms with Gasteiger partial charge in [-0.2, -0.15) is 9.78 Å². The molecule has 12 heteroatoms. The van der Waals surface area contributed by atoms with Gasteiger partial charge >= 0.3 is 0 Å². The molecule has 0 saturated carbocycles. The average Bonchev–Trinajstić information content (AvgIpc) is 3.40. The highest BCUT2D eigenvalue weighted by molar-refractivity contribution is 5.99. The van der Waals surface area contributed by atoms with Gasteiger partial charge in [0.25, 0.3) is 5.91 Å². The summed E-state index contributed by atoms with van der Waals surface area (Å²) >= 11 is 0. The number of nitrogens with one attached hydrogen (secondary N) is 1. The van der Waals surface area contributed by atoms with Crippen molar-refractivity contribution in [1.29, 1.82) is 0 Å². The topological polar surface area (TPSA) is 167 Å². The van der Waals surface area contributed by atoms with Gasteiger partial charge in [-0.1, -0.05) is 35.5 Å². The summed E-state index contributed by atoms with van der Waals surface area (Å²) in [5.74, 6) is -0.400. The van der Waals surface area contributed by atoms with E-state index in [0.717, 1.165) is 4.68 Å². The lowest BCUT2D eigenvalue weighted by Crippen LogP contribution is -2.22. The van der Waals surface area contributed by atoms with E-state index in [4.69, 9.17) is 10.5 Å². The number of nitrogens with zero attached hydrogens (tertiary/aromatic N) is 6. The maximum absolute atomic E-state index is 13.0. The predicted molar refractivity (Wildman–Crippen MR) is 109 cm³/mol. The van der Waals surface area contributed by atoms with Crippen molar-refractivity contribution in [2.45, 2.75) is 0 Å². The van der Waals surface area contributed by atoms with E-state index in [1.807, 2.05) is 6.07 Å². The van der Waals surface area contributed by atoms with Gasteiger partial charge in [-0.25, -0.2) is 10.1 Å². The quantitative estimate of drug-likeness (QED) is 0.308. The third kappa shape index (κ3) is 3.89. The number of amides is 1. The van der Waals surface area contributed by atoms with Crippen LogP contribution in [0.3, 0.4) is 0 Å². The van der Waals surface area contributed by atoms with E-state index >= 15 is 0 Å². The van der Waals surface area contributed by atoms with Crippen LogP contribution < -0.4 is 15.9 Å². The van der Waals surface area contributed by atoms with Crippen molar-refractivity contribution in [2.24, 2.45) is 5.10 Å². The second kappa shape index (κ2) is 8.32. The van der Waals surface area contributed by atoms with Gasteiger partial charge in [0.2, 0.25) is 11.6 Å².